The Morgan fingerprint density at radius 2 is 2.00 bits per heavy atom. The number of hydrogen-bond acceptors (Lipinski definition) is 3. The van der Waals surface area contributed by atoms with Crippen molar-refractivity contribution in [3.63, 3.8) is 0 Å². The first-order valence-electron chi connectivity index (χ1n) is 8.06. The number of ether oxygens (including phenoxy) is 1. The molecule has 2 heterocycles. The quantitative estimate of drug-likeness (QED) is 0.673. The van der Waals surface area contributed by atoms with Gasteiger partial charge in [-0.3, -0.25) is 9.59 Å². The van der Waals surface area contributed by atoms with Crippen LogP contribution in [0.3, 0.4) is 0 Å². The first kappa shape index (κ1) is 14.8. The lowest BCUT2D eigenvalue weighted by Crippen LogP contribution is -2.27. The lowest BCUT2D eigenvalue weighted by Gasteiger charge is -2.24. The maximum atomic E-state index is 12.4. The number of aromatic amines is 1. The predicted molar refractivity (Wildman–Crippen MR) is 86.3 cm³/mol. The van der Waals surface area contributed by atoms with Crippen LogP contribution in [0.2, 0.25) is 0 Å². The highest BCUT2D eigenvalue weighted by atomic mass is 16.5. The monoisotopic (exact) mass is 299 g/mol. The van der Waals surface area contributed by atoms with Crippen molar-refractivity contribution in [2.75, 3.05) is 0 Å². The van der Waals surface area contributed by atoms with Gasteiger partial charge in [0.15, 0.2) is 0 Å². The Morgan fingerprint density at radius 3 is 2.82 bits per heavy atom. The third kappa shape index (κ3) is 2.78. The number of H-pyrrole nitrogens is 1. The van der Waals surface area contributed by atoms with Crippen molar-refractivity contribution in [1.29, 1.82) is 0 Å². The standard InChI is InChI=1S/C18H21NO3/c1-2-3-4-5-8-12-11-15(20)22-17-13-9-6-7-10-14(13)19-18(21)16(12)17/h6-7,9-10,12H,2-5,8,11H2,1H3,(H,19,21). The zero-order valence-corrected chi connectivity index (χ0v) is 12.9. The van der Waals surface area contributed by atoms with Gasteiger partial charge in [-0.15, -0.1) is 0 Å². The first-order chi connectivity index (χ1) is 10.7. The van der Waals surface area contributed by atoms with E-state index in [0.717, 1.165) is 24.6 Å². The van der Waals surface area contributed by atoms with E-state index in [-0.39, 0.29) is 17.4 Å². The fourth-order valence-electron chi connectivity index (χ4n) is 3.23. The second-order valence-electron chi connectivity index (χ2n) is 5.97. The van der Waals surface area contributed by atoms with Gasteiger partial charge in [0.1, 0.15) is 5.75 Å². The molecule has 1 aliphatic rings. The normalized spacial score (nSPS) is 17.3. The largest absolute Gasteiger partial charge is 0.425 e. The number of para-hydroxylation sites is 1. The van der Waals surface area contributed by atoms with Gasteiger partial charge < -0.3 is 9.72 Å². The predicted octanol–water partition coefficient (Wildman–Crippen LogP) is 3.89. The Balaban J connectivity index is 1.99. The summed E-state index contributed by atoms with van der Waals surface area (Å²) in [5.41, 5.74) is 1.24. The van der Waals surface area contributed by atoms with Gasteiger partial charge in [0.05, 0.1) is 17.5 Å². The van der Waals surface area contributed by atoms with E-state index in [4.69, 9.17) is 4.74 Å². The van der Waals surface area contributed by atoms with E-state index >= 15 is 0 Å². The number of rotatable bonds is 5. The number of benzene rings is 1. The summed E-state index contributed by atoms with van der Waals surface area (Å²) in [6.45, 7) is 2.17. The second-order valence-corrected chi connectivity index (χ2v) is 5.97. The Hall–Kier alpha value is -2.10. The van der Waals surface area contributed by atoms with Crippen LogP contribution in [-0.2, 0) is 4.79 Å². The van der Waals surface area contributed by atoms with Gasteiger partial charge in [0.25, 0.3) is 5.56 Å². The fraction of sp³-hybridized carbons (Fsp3) is 0.444. The lowest BCUT2D eigenvalue weighted by molar-refractivity contribution is -0.135. The second kappa shape index (κ2) is 6.34. The summed E-state index contributed by atoms with van der Waals surface area (Å²) in [7, 11) is 0. The van der Waals surface area contributed by atoms with Crippen molar-refractivity contribution >= 4 is 16.9 Å². The Bertz CT molecular complexity index is 748. The van der Waals surface area contributed by atoms with Crippen LogP contribution in [0, 0.1) is 0 Å². The zero-order valence-electron chi connectivity index (χ0n) is 12.9. The molecule has 0 fully saturated rings. The molecule has 0 amide bonds. The number of carbonyl (C=O) groups excluding carboxylic acids is 1. The van der Waals surface area contributed by atoms with E-state index < -0.39 is 0 Å². The van der Waals surface area contributed by atoms with Crippen LogP contribution in [0.25, 0.3) is 10.9 Å². The van der Waals surface area contributed by atoms with Crippen LogP contribution < -0.4 is 10.3 Å². The molecular weight excluding hydrogens is 278 g/mol. The number of hydrogen-bond donors (Lipinski definition) is 1. The topological polar surface area (TPSA) is 59.2 Å². The summed E-state index contributed by atoms with van der Waals surface area (Å²) >= 11 is 0. The molecule has 4 heteroatoms. The van der Waals surface area contributed by atoms with Crippen molar-refractivity contribution in [3.05, 3.63) is 40.2 Å². The lowest BCUT2D eigenvalue weighted by atomic mass is 9.88. The average molecular weight is 299 g/mol. The van der Waals surface area contributed by atoms with E-state index in [1.165, 1.54) is 12.8 Å². The minimum atomic E-state index is -0.233. The van der Waals surface area contributed by atoms with Crippen molar-refractivity contribution < 1.29 is 9.53 Å². The maximum Gasteiger partial charge on any atom is 0.311 e. The van der Waals surface area contributed by atoms with Gasteiger partial charge in [0, 0.05) is 11.3 Å². The molecule has 0 radical (unpaired) electrons. The summed E-state index contributed by atoms with van der Waals surface area (Å²) in [6, 6.07) is 7.46. The summed E-state index contributed by atoms with van der Waals surface area (Å²) in [5.74, 6) is 0.210. The zero-order chi connectivity index (χ0) is 15.5. The molecule has 0 saturated heterocycles. The molecule has 0 spiro atoms. The molecule has 1 aromatic carbocycles. The van der Waals surface area contributed by atoms with Crippen molar-refractivity contribution in [1.82, 2.24) is 4.98 Å². The van der Waals surface area contributed by atoms with Crippen molar-refractivity contribution in [2.45, 2.75) is 51.4 Å². The molecule has 1 atom stereocenters. The number of carbonyl (C=O) groups is 1. The van der Waals surface area contributed by atoms with E-state index in [9.17, 15) is 9.59 Å². The molecule has 0 bridgehead atoms. The van der Waals surface area contributed by atoms with Crippen molar-refractivity contribution in [2.24, 2.45) is 0 Å². The van der Waals surface area contributed by atoms with Gasteiger partial charge in [-0.1, -0.05) is 44.7 Å². The minimum Gasteiger partial charge on any atom is -0.425 e. The van der Waals surface area contributed by atoms with E-state index in [0.29, 0.717) is 23.3 Å². The highest BCUT2D eigenvalue weighted by Gasteiger charge is 2.31. The van der Waals surface area contributed by atoms with Crippen LogP contribution in [-0.4, -0.2) is 11.0 Å². The van der Waals surface area contributed by atoms with Crippen LogP contribution in [0.15, 0.2) is 29.1 Å². The van der Waals surface area contributed by atoms with Crippen LogP contribution in [0.1, 0.15) is 56.9 Å². The van der Waals surface area contributed by atoms with Crippen LogP contribution >= 0.6 is 0 Å². The molecular formula is C18H21NO3. The Kier molecular flexibility index (Phi) is 4.27. The minimum absolute atomic E-state index is 0.0264. The number of pyridine rings is 1. The highest BCUT2D eigenvalue weighted by molar-refractivity contribution is 5.90. The molecule has 1 N–H and O–H groups in total. The molecule has 1 aliphatic heterocycles. The molecule has 1 unspecified atom stereocenters. The van der Waals surface area contributed by atoms with E-state index in [1.807, 2.05) is 24.3 Å². The molecule has 4 nitrogen and oxygen atoms in total. The van der Waals surface area contributed by atoms with Gasteiger partial charge in [-0.2, -0.15) is 0 Å². The van der Waals surface area contributed by atoms with Gasteiger partial charge in [-0.05, 0) is 18.6 Å². The molecule has 2 aromatic rings. The molecule has 1 aromatic heterocycles. The summed E-state index contributed by atoms with van der Waals surface area (Å²) in [4.78, 5) is 27.3. The van der Waals surface area contributed by atoms with E-state index in [1.54, 1.807) is 0 Å². The number of unbranched alkanes of at least 4 members (excludes halogenated alkanes) is 3. The SMILES string of the molecule is CCCCCCC1CC(=O)Oc2c1c(=O)[nH]c1ccccc21. The molecule has 3 rings (SSSR count). The molecule has 0 aliphatic carbocycles. The Morgan fingerprint density at radius 1 is 1.18 bits per heavy atom. The van der Waals surface area contributed by atoms with Gasteiger partial charge in [-0.25, -0.2) is 0 Å². The van der Waals surface area contributed by atoms with E-state index in [2.05, 4.69) is 11.9 Å². The number of aromatic nitrogens is 1. The van der Waals surface area contributed by atoms with Gasteiger partial charge in [0.2, 0.25) is 0 Å². The average Bonchev–Trinajstić information content (AvgIpc) is 2.51. The number of fused-ring (bicyclic) bond motifs is 3. The molecule has 22 heavy (non-hydrogen) atoms. The number of esters is 1. The number of nitrogens with one attached hydrogen (secondary N) is 1. The molecule has 0 saturated carbocycles. The third-order valence-corrected chi connectivity index (χ3v) is 4.35. The summed E-state index contributed by atoms with van der Waals surface area (Å²) in [5, 5.41) is 0.809. The smallest absolute Gasteiger partial charge is 0.311 e. The van der Waals surface area contributed by atoms with Crippen LogP contribution in [0.4, 0.5) is 0 Å². The summed E-state index contributed by atoms with van der Waals surface area (Å²) in [6.07, 6.45) is 5.72. The summed E-state index contributed by atoms with van der Waals surface area (Å²) < 4.78 is 5.42. The Labute approximate surface area is 129 Å². The van der Waals surface area contributed by atoms with Crippen molar-refractivity contribution in [3.8, 4) is 5.75 Å². The third-order valence-electron chi connectivity index (χ3n) is 4.35. The highest BCUT2D eigenvalue weighted by Crippen LogP contribution is 2.38. The maximum absolute atomic E-state index is 12.4. The van der Waals surface area contributed by atoms with Gasteiger partial charge >= 0.3 is 5.97 Å². The molecule has 116 valence electrons. The fourth-order valence-corrected chi connectivity index (χ4v) is 3.23. The first-order valence-corrected chi connectivity index (χ1v) is 8.06. The van der Waals surface area contributed by atoms with Crippen LogP contribution in [0.5, 0.6) is 5.75 Å².